The second-order valence-corrected chi connectivity index (χ2v) is 6.35. The van der Waals surface area contributed by atoms with Crippen LogP contribution in [0.4, 0.5) is 4.39 Å². The number of ether oxygens (including phenoxy) is 1. The SMILES string of the molecule is CC(C)C(O)CC(=O)NC1CCOC1c1ccc(Cl)c(F)c1. The van der Waals surface area contributed by atoms with E-state index in [1.165, 1.54) is 12.1 Å². The van der Waals surface area contributed by atoms with Gasteiger partial charge in [0.25, 0.3) is 0 Å². The number of halogens is 2. The van der Waals surface area contributed by atoms with Crippen LogP contribution in [0.15, 0.2) is 18.2 Å². The summed E-state index contributed by atoms with van der Waals surface area (Å²) in [5, 5.41) is 12.7. The Labute approximate surface area is 134 Å². The quantitative estimate of drug-likeness (QED) is 0.873. The van der Waals surface area contributed by atoms with Gasteiger partial charge in [-0.3, -0.25) is 4.79 Å². The van der Waals surface area contributed by atoms with Crippen molar-refractivity contribution in [2.24, 2.45) is 5.92 Å². The summed E-state index contributed by atoms with van der Waals surface area (Å²) in [4.78, 5) is 12.0. The van der Waals surface area contributed by atoms with Gasteiger partial charge in [-0.25, -0.2) is 4.39 Å². The first-order valence-electron chi connectivity index (χ1n) is 7.42. The zero-order chi connectivity index (χ0) is 16.3. The molecule has 1 aliphatic heterocycles. The number of nitrogens with one attached hydrogen (secondary N) is 1. The van der Waals surface area contributed by atoms with Crippen molar-refractivity contribution in [2.45, 2.75) is 44.9 Å². The first-order valence-corrected chi connectivity index (χ1v) is 7.80. The van der Waals surface area contributed by atoms with Crippen LogP contribution in [0.5, 0.6) is 0 Å². The number of carbonyl (C=O) groups excluding carboxylic acids is 1. The smallest absolute Gasteiger partial charge is 0.222 e. The van der Waals surface area contributed by atoms with E-state index in [1.54, 1.807) is 6.07 Å². The molecule has 3 unspecified atom stereocenters. The van der Waals surface area contributed by atoms with Gasteiger partial charge >= 0.3 is 0 Å². The molecule has 1 saturated heterocycles. The van der Waals surface area contributed by atoms with Crippen molar-refractivity contribution in [3.63, 3.8) is 0 Å². The number of hydrogen-bond acceptors (Lipinski definition) is 3. The second-order valence-electron chi connectivity index (χ2n) is 5.94. The molecule has 0 radical (unpaired) electrons. The monoisotopic (exact) mass is 329 g/mol. The van der Waals surface area contributed by atoms with Gasteiger partial charge < -0.3 is 15.2 Å². The number of rotatable bonds is 5. The van der Waals surface area contributed by atoms with Crippen molar-refractivity contribution in [1.82, 2.24) is 5.32 Å². The van der Waals surface area contributed by atoms with Crippen molar-refractivity contribution in [3.8, 4) is 0 Å². The molecular weight excluding hydrogens is 309 g/mol. The molecule has 1 fully saturated rings. The van der Waals surface area contributed by atoms with Crippen molar-refractivity contribution in [1.29, 1.82) is 0 Å². The molecule has 0 spiro atoms. The Bertz CT molecular complexity index is 538. The van der Waals surface area contributed by atoms with E-state index in [1.807, 2.05) is 13.8 Å². The van der Waals surface area contributed by atoms with Gasteiger partial charge in [-0.2, -0.15) is 0 Å². The lowest BCUT2D eigenvalue weighted by Gasteiger charge is -2.22. The van der Waals surface area contributed by atoms with E-state index < -0.39 is 18.0 Å². The van der Waals surface area contributed by atoms with Gasteiger partial charge in [0.15, 0.2) is 0 Å². The van der Waals surface area contributed by atoms with Crippen LogP contribution in [0.25, 0.3) is 0 Å². The number of carbonyl (C=O) groups is 1. The molecule has 0 saturated carbocycles. The molecule has 0 aliphatic carbocycles. The van der Waals surface area contributed by atoms with E-state index >= 15 is 0 Å². The molecule has 4 nitrogen and oxygen atoms in total. The molecule has 0 bridgehead atoms. The van der Waals surface area contributed by atoms with Gasteiger partial charge in [-0.1, -0.05) is 31.5 Å². The highest BCUT2D eigenvalue weighted by Gasteiger charge is 2.31. The Hall–Kier alpha value is -1.17. The third-order valence-corrected chi connectivity index (χ3v) is 4.18. The summed E-state index contributed by atoms with van der Waals surface area (Å²) in [7, 11) is 0. The Morgan fingerprint density at radius 1 is 1.55 bits per heavy atom. The van der Waals surface area contributed by atoms with E-state index in [4.69, 9.17) is 16.3 Å². The minimum atomic E-state index is -0.672. The summed E-state index contributed by atoms with van der Waals surface area (Å²) in [6, 6.07) is 4.28. The summed E-state index contributed by atoms with van der Waals surface area (Å²) >= 11 is 5.68. The van der Waals surface area contributed by atoms with Crippen LogP contribution in [0.3, 0.4) is 0 Å². The summed E-state index contributed by atoms with van der Waals surface area (Å²) in [6.45, 7) is 4.21. The maximum absolute atomic E-state index is 13.6. The van der Waals surface area contributed by atoms with E-state index in [-0.39, 0.29) is 29.3 Å². The molecule has 1 aromatic rings. The van der Waals surface area contributed by atoms with Crippen LogP contribution in [-0.4, -0.2) is 29.8 Å². The lowest BCUT2D eigenvalue weighted by atomic mass is 10.0. The van der Waals surface area contributed by atoms with Gasteiger partial charge in [0.05, 0.1) is 23.6 Å². The number of aliphatic hydroxyl groups is 1. The van der Waals surface area contributed by atoms with Crippen LogP contribution < -0.4 is 5.32 Å². The van der Waals surface area contributed by atoms with E-state index in [0.717, 1.165) is 0 Å². The van der Waals surface area contributed by atoms with E-state index in [9.17, 15) is 14.3 Å². The van der Waals surface area contributed by atoms with Crippen molar-refractivity contribution >= 4 is 17.5 Å². The minimum absolute atomic E-state index is 0.0201. The number of aliphatic hydroxyl groups excluding tert-OH is 1. The molecule has 0 aromatic heterocycles. The fourth-order valence-electron chi connectivity index (χ4n) is 2.45. The molecular formula is C16H21ClFNO3. The molecule has 1 aliphatic rings. The lowest BCUT2D eigenvalue weighted by Crippen LogP contribution is -2.39. The third kappa shape index (κ3) is 4.18. The van der Waals surface area contributed by atoms with Gasteiger partial charge in [-0.05, 0) is 30.0 Å². The molecule has 1 amide bonds. The van der Waals surface area contributed by atoms with Gasteiger partial charge in [-0.15, -0.1) is 0 Å². The molecule has 22 heavy (non-hydrogen) atoms. The zero-order valence-corrected chi connectivity index (χ0v) is 13.4. The first-order chi connectivity index (χ1) is 10.4. The summed E-state index contributed by atoms with van der Waals surface area (Å²) in [5.41, 5.74) is 0.647. The molecule has 3 atom stereocenters. The topological polar surface area (TPSA) is 58.6 Å². The summed E-state index contributed by atoms with van der Waals surface area (Å²) < 4.78 is 19.2. The summed E-state index contributed by atoms with van der Waals surface area (Å²) in [6.07, 6.45) is -0.366. The van der Waals surface area contributed by atoms with E-state index in [2.05, 4.69) is 5.32 Å². The van der Waals surface area contributed by atoms with Gasteiger partial charge in [0, 0.05) is 6.61 Å². The Morgan fingerprint density at radius 2 is 2.27 bits per heavy atom. The van der Waals surface area contributed by atoms with Crippen molar-refractivity contribution < 1.29 is 19.0 Å². The predicted molar refractivity (Wildman–Crippen MR) is 82.1 cm³/mol. The van der Waals surface area contributed by atoms with Crippen molar-refractivity contribution in [2.75, 3.05) is 6.61 Å². The van der Waals surface area contributed by atoms with Gasteiger partial charge in [0.1, 0.15) is 11.9 Å². The Kier molecular flexibility index (Phi) is 5.78. The highest BCUT2D eigenvalue weighted by molar-refractivity contribution is 6.30. The summed E-state index contributed by atoms with van der Waals surface area (Å²) in [5.74, 6) is -0.710. The third-order valence-electron chi connectivity index (χ3n) is 3.87. The molecule has 2 N–H and O–H groups in total. The number of amides is 1. The highest BCUT2D eigenvalue weighted by atomic mass is 35.5. The maximum Gasteiger partial charge on any atom is 0.222 e. The normalized spacial score (nSPS) is 22.8. The Morgan fingerprint density at radius 3 is 2.91 bits per heavy atom. The van der Waals surface area contributed by atoms with Crippen LogP contribution in [0, 0.1) is 11.7 Å². The van der Waals surface area contributed by atoms with Crippen LogP contribution in [0.1, 0.15) is 38.4 Å². The Balaban J connectivity index is 2.01. The van der Waals surface area contributed by atoms with Crippen LogP contribution in [0.2, 0.25) is 5.02 Å². The molecule has 122 valence electrons. The first kappa shape index (κ1) is 17.2. The molecule has 1 heterocycles. The fraction of sp³-hybridized carbons (Fsp3) is 0.562. The van der Waals surface area contributed by atoms with Gasteiger partial charge in [0.2, 0.25) is 5.91 Å². The van der Waals surface area contributed by atoms with Crippen LogP contribution in [-0.2, 0) is 9.53 Å². The van der Waals surface area contributed by atoms with Crippen LogP contribution >= 0.6 is 11.6 Å². The average molecular weight is 330 g/mol. The average Bonchev–Trinajstić information content (AvgIpc) is 2.89. The maximum atomic E-state index is 13.6. The second kappa shape index (κ2) is 7.40. The predicted octanol–water partition coefficient (Wildman–Crippen LogP) is 2.83. The largest absolute Gasteiger partial charge is 0.392 e. The number of hydrogen-bond donors (Lipinski definition) is 2. The molecule has 2 rings (SSSR count). The lowest BCUT2D eigenvalue weighted by molar-refractivity contribution is -0.124. The minimum Gasteiger partial charge on any atom is -0.392 e. The standard InChI is InChI=1S/C16H21ClFNO3/c1-9(2)14(20)8-15(21)19-13-5-6-22-16(13)10-3-4-11(17)12(18)7-10/h3-4,7,9,13-14,16,20H,5-6,8H2,1-2H3,(H,19,21). The van der Waals surface area contributed by atoms with E-state index in [0.29, 0.717) is 18.6 Å². The zero-order valence-electron chi connectivity index (χ0n) is 12.7. The molecule has 6 heteroatoms. The highest BCUT2D eigenvalue weighted by Crippen LogP contribution is 2.31. The molecule has 1 aromatic carbocycles. The van der Waals surface area contributed by atoms with Crippen molar-refractivity contribution in [3.05, 3.63) is 34.6 Å². The fourth-order valence-corrected chi connectivity index (χ4v) is 2.56. The number of benzene rings is 1.